The third kappa shape index (κ3) is 18.6. The molecule has 2 aliphatic rings. The summed E-state index contributed by atoms with van der Waals surface area (Å²) >= 11 is 13.3. The van der Waals surface area contributed by atoms with Crippen LogP contribution in [0.15, 0.2) is 46.3 Å². The maximum absolute atomic E-state index is 14.1. The van der Waals surface area contributed by atoms with E-state index in [9.17, 15) is 57.5 Å². The molecular weight excluding hydrogens is 1050 g/mol. The first-order valence-corrected chi connectivity index (χ1v) is 23.1. The second kappa shape index (κ2) is 26.2. The van der Waals surface area contributed by atoms with Crippen LogP contribution >= 0.6 is 23.2 Å². The van der Waals surface area contributed by atoms with E-state index in [1.165, 1.54) is 12.1 Å². The maximum Gasteiger partial charge on any atom is 0.490 e. The van der Waals surface area contributed by atoms with Gasteiger partial charge >= 0.3 is 36.4 Å². The molecule has 0 bridgehead atoms. The van der Waals surface area contributed by atoms with E-state index in [1.54, 1.807) is 15.9 Å². The van der Waals surface area contributed by atoms with Crippen molar-refractivity contribution in [3.05, 3.63) is 63.3 Å². The predicted octanol–water partition coefficient (Wildman–Crippen LogP) is 5.67. The number of alkyl halides is 9. The zero-order valence-electron chi connectivity index (χ0n) is 37.9. The number of nitrogens with two attached hydrogens (primary N) is 3. The molecule has 0 spiro atoms. The van der Waals surface area contributed by atoms with Crippen LogP contribution in [0.1, 0.15) is 61.8 Å². The molecule has 1 aromatic heterocycles. The van der Waals surface area contributed by atoms with Crippen LogP contribution in [0, 0.1) is 13.8 Å². The fourth-order valence-electron chi connectivity index (χ4n) is 6.86. The number of nitrogens with one attached hydrogen (secondary N) is 1. The number of fused-ring (bicyclic) bond motifs is 1. The van der Waals surface area contributed by atoms with E-state index in [1.807, 2.05) is 32.0 Å². The summed E-state index contributed by atoms with van der Waals surface area (Å²) in [6, 6.07) is 9.73. The number of amides is 2. The number of benzene rings is 2. The Morgan fingerprint density at radius 2 is 1.33 bits per heavy atom. The molecule has 72 heavy (non-hydrogen) atoms. The van der Waals surface area contributed by atoms with Crippen LogP contribution in [0.2, 0.25) is 10.0 Å². The first-order valence-electron chi connectivity index (χ1n) is 20.9. The summed E-state index contributed by atoms with van der Waals surface area (Å²) in [5.74, 6) is -8.23. The molecule has 1 atom stereocenters. The number of hydrogen-bond acceptors (Lipinski definition) is 11. The van der Waals surface area contributed by atoms with Gasteiger partial charge in [-0.1, -0.05) is 48.2 Å². The molecule has 1 saturated heterocycles. The zero-order chi connectivity index (χ0) is 55.2. The van der Waals surface area contributed by atoms with Gasteiger partial charge in [0, 0.05) is 54.4 Å². The molecule has 1 aliphatic heterocycles. The van der Waals surface area contributed by atoms with Crippen molar-refractivity contribution in [2.45, 2.75) is 100 Å². The van der Waals surface area contributed by atoms with Crippen molar-refractivity contribution in [3.8, 4) is 5.75 Å². The number of unbranched alkanes of at least 4 members (excludes halogenated alkanes) is 1. The van der Waals surface area contributed by atoms with Crippen LogP contribution < -0.4 is 26.7 Å². The average Bonchev–Trinajstić information content (AvgIpc) is 3.74. The van der Waals surface area contributed by atoms with Crippen molar-refractivity contribution in [1.82, 2.24) is 19.5 Å². The van der Waals surface area contributed by atoms with Gasteiger partial charge in [0.1, 0.15) is 28.3 Å². The first kappa shape index (κ1) is 62.2. The summed E-state index contributed by atoms with van der Waals surface area (Å²) < 4.78 is 132. The summed E-state index contributed by atoms with van der Waals surface area (Å²) in [6.45, 7) is 5.38. The molecule has 31 heteroatoms. The highest BCUT2D eigenvalue weighted by molar-refractivity contribution is 7.89. The highest BCUT2D eigenvalue weighted by atomic mass is 35.5. The van der Waals surface area contributed by atoms with Gasteiger partial charge in [-0.15, -0.1) is 0 Å². The Morgan fingerprint density at radius 1 is 0.833 bits per heavy atom. The number of carbonyl (C=O) groups excluding carboxylic acids is 2. The van der Waals surface area contributed by atoms with Crippen molar-refractivity contribution in [2.75, 3.05) is 32.7 Å². The normalized spacial score (nSPS) is 15.1. The van der Waals surface area contributed by atoms with Crippen molar-refractivity contribution in [3.63, 3.8) is 0 Å². The number of aryl methyl sites for hydroxylation is 2. The topological polar surface area (TPSA) is 311 Å². The van der Waals surface area contributed by atoms with E-state index >= 15 is 0 Å². The number of carboxylic acids is 3. The lowest BCUT2D eigenvalue weighted by atomic mass is 9.96. The molecule has 0 unspecified atom stereocenters. The fraction of sp³-hybridized carbons (Fsp3) is 0.488. The van der Waals surface area contributed by atoms with E-state index in [4.69, 9.17) is 74.8 Å². The van der Waals surface area contributed by atoms with Gasteiger partial charge in [-0.3, -0.25) is 14.6 Å². The lowest BCUT2D eigenvalue weighted by Gasteiger charge is -2.40. The van der Waals surface area contributed by atoms with Gasteiger partial charge in [-0.05, 0) is 75.8 Å². The van der Waals surface area contributed by atoms with Crippen LogP contribution in [0.3, 0.4) is 0 Å². The Kier molecular flexibility index (Phi) is 22.6. The van der Waals surface area contributed by atoms with Gasteiger partial charge in [0.2, 0.25) is 21.8 Å². The van der Waals surface area contributed by atoms with Gasteiger partial charge in [-0.25, -0.2) is 27.8 Å². The van der Waals surface area contributed by atoms with Crippen LogP contribution in [0.25, 0.3) is 10.9 Å². The highest BCUT2D eigenvalue weighted by Gasteiger charge is 2.48. The molecular formula is C41H49Cl2F9N8O11S. The van der Waals surface area contributed by atoms with Crippen LogP contribution in [0.4, 0.5) is 39.5 Å². The number of guanidine groups is 1. The Labute approximate surface area is 414 Å². The number of pyridine rings is 1. The molecule has 1 aliphatic carbocycles. The maximum atomic E-state index is 14.1. The van der Waals surface area contributed by atoms with Gasteiger partial charge < -0.3 is 47.1 Å². The molecule has 5 rings (SSSR count). The minimum atomic E-state index is -5.08. The molecule has 0 radical (unpaired) electrons. The monoisotopic (exact) mass is 1100 g/mol. The first-order chi connectivity index (χ1) is 33.0. The Morgan fingerprint density at radius 3 is 1.82 bits per heavy atom. The van der Waals surface area contributed by atoms with E-state index in [2.05, 4.69) is 14.7 Å². The number of para-hydroxylation sites is 1. The zero-order valence-corrected chi connectivity index (χ0v) is 40.3. The number of nitrogens with zero attached hydrogens (tertiary/aromatic N) is 4. The number of sulfonamides is 1. The van der Waals surface area contributed by atoms with E-state index in [-0.39, 0.29) is 52.4 Å². The second-order valence-electron chi connectivity index (χ2n) is 15.7. The Balaban J connectivity index is 0.000000705. The van der Waals surface area contributed by atoms with Crippen molar-refractivity contribution >= 4 is 79.8 Å². The number of carbonyl (C=O) groups is 5. The number of hydrogen-bond donors (Lipinski definition) is 7. The smallest absolute Gasteiger partial charge is 0.487 e. The van der Waals surface area contributed by atoms with E-state index < -0.39 is 58.0 Å². The van der Waals surface area contributed by atoms with Gasteiger partial charge in [0.15, 0.2) is 5.96 Å². The Hall–Kier alpha value is -5.91. The lowest BCUT2D eigenvalue weighted by molar-refractivity contribution is -0.193. The minimum Gasteiger partial charge on any atom is -0.487 e. The molecule has 1 saturated carbocycles. The van der Waals surface area contributed by atoms with Crippen molar-refractivity contribution in [2.24, 2.45) is 22.2 Å². The molecule has 2 aromatic carbocycles. The number of halogens is 11. The molecule has 2 amide bonds. The molecule has 3 aromatic rings. The number of aliphatic imine (C=N–C) groups is 1. The number of piperazine rings is 1. The third-order valence-corrected chi connectivity index (χ3v) is 12.8. The minimum absolute atomic E-state index is 0.0275. The highest BCUT2D eigenvalue weighted by Crippen LogP contribution is 2.37. The molecule has 402 valence electrons. The van der Waals surface area contributed by atoms with E-state index in [0.29, 0.717) is 81.4 Å². The SMILES string of the molecule is Cc1cc(C)c2cccc(OCc3c(Cl)ccc(S(=O)(=O)NC4(C(=O)N5CCN(C(=O)[C@H](N)CCCCN=C(N)N)CC5)CCCC4)c3Cl)c2n1.O=C(O)C(F)(F)F.O=C(O)C(F)(F)F.O=C(O)C(F)(F)F. The van der Waals surface area contributed by atoms with Crippen molar-refractivity contribution in [1.29, 1.82) is 0 Å². The number of ether oxygens (including phenoxy) is 1. The summed E-state index contributed by atoms with van der Waals surface area (Å²) in [5.41, 5.74) is 18.4. The quantitative estimate of drug-likeness (QED) is 0.0469. The summed E-state index contributed by atoms with van der Waals surface area (Å²) in [5, 5.41) is 22.5. The van der Waals surface area contributed by atoms with E-state index in [0.717, 1.165) is 16.6 Å². The summed E-state index contributed by atoms with van der Waals surface area (Å²) in [7, 11) is -4.30. The predicted molar refractivity (Wildman–Crippen MR) is 240 cm³/mol. The molecule has 2 fully saturated rings. The average molecular weight is 1100 g/mol. The largest absolute Gasteiger partial charge is 0.490 e. The van der Waals surface area contributed by atoms with Gasteiger partial charge in [-0.2, -0.15) is 44.2 Å². The van der Waals surface area contributed by atoms with Crippen molar-refractivity contribution < 1.29 is 92.0 Å². The number of aliphatic carboxylic acids is 3. The van der Waals surface area contributed by atoms with Crippen LogP contribution in [-0.2, 0) is 40.6 Å². The lowest BCUT2D eigenvalue weighted by Crippen LogP contribution is -2.62. The summed E-state index contributed by atoms with van der Waals surface area (Å²) in [4.78, 5) is 65.4. The second-order valence-corrected chi connectivity index (χ2v) is 18.1. The van der Waals surface area contributed by atoms with Gasteiger partial charge in [0.25, 0.3) is 0 Å². The standard InChI is InChI=1S/C35H46Cl2N8O5S.3C2HF3O2/c1-22-20-23(2)42-31-24(22)8-7-10-28(31)50-21-25-26(36)11-12-29(30(25)37)51(48,49)43-35(13-4-5-14-35)33(47)45-18-16-44(17-19-45)32(46)27(38)9-3-6-15-41-34(39)40;3*3-2(4,5)1(6)7/h7-8,10-12,20,27,43H,3-6,9,13-19,21,38H2,1-2H3,(H4,39,40,41);3*(H,6,7)/t27-;;;/m1.../s1. The third-order valence-electron chi connectivity index (χ3n) is 10.3. The number of aromatic nitrogens is 1. The molecule has 10 N–H and O–H groups in total. The molecule has 2 heterocycles. The summed E-state index contributed by atoms with van der Waals surface area (Å²) in [6.07, 6.45) is -11.3. The Bertz CT molecular complexity index is 2500. The van der Waals surface area contributed by atoms with Crippen LogP contribution in [-0.4, -0.2) is 137 Å². The van der Waals surface area contributed by atoms with Gasteiger partial charge in [0.05, 0.1) is 11.1 Å². The molecule has 19 nitrogen and oxygen atoms in total. The number of rotatable bonds is 13. The van der Waals surface area contributed by atoms with Crippen LogP contribution in [0.5, 0.6) is 5.75 Å². The number of carboxylic acid groups (broad SMARTS) is 3. The fourth-order valence-corrected chi connectivity index (χ4v) is 9.17.